The Hall–Kier alpha value is -1.06. The van der Waals surface area contributed by atoms with E-state index in [1.54, 1.807) is 12.1 Å². The number of rotatable bonds is 3. The molecule has 0 amide bonds. The molecule has 1 N–H and O–H groups in total. The summed E-state index contributed by atoms with van der Waals surface area (Å²) >= 11 is 0. The molecule has 1 aliphatic heterocycles. The van der Waals surface area contributed by atoms with Crippen molar-refractivity contribution in [3.8, 4) is 5.75 Å². The van der Waals surface area contributed by atoms with Crippen LogP contribution in [-0.2, 0) is 15.3 Å². The molecule has 3 heteroatoms. The van der Waals surface area contributed by atoms with Crippen molar-refractivity contribution in [1.82, 2.24) is 0 Å². The second-order valence-corrected chi connectivity index (χ2v) is 4.20. The summed E-state index contributed by atoms with van der Waals surface area (Å²) in [5.74, 6) is -0.308. The molecule has 88 valence electrons. The van der Waals surface area contributed by atoms with Gasteiger partial charge in [0.15, 0.2) is 5.79 Å². The van der Waals surface area contributed by atoms with Gasteiger partial charge in [0.2, 0.25) is 0 Å². The lowest BCUT2D eigenvalue weighted by Gasteiger charge is -2.29. The van der Waals surface area contributed by atoms with Crippen LogP contribution in [0.15, 0.2) is 18.2 Å². The molecule has 1 saturated heterocycles. The van der Waals surface area contributed by atoms with E-state index in [2.05, 4.69) is 6.92 Å². The van der Waals surface area contributed by atoms with Crippen molar-refractivity contribution in [3.05, 3.63) is 29.3 Å². The van der Waals surface area contributed by atoms with Gasteiger partial charge in [-0.15, -0.1) is 0 Å². The zero-order valence-electron chi connectivity index (χ0n) is 9.82. The number of phenols is 1. The minimum Gasteiger partial charge on any atom is -0.508 e. The minimum absolute atomic E-state index is 0.283. The van der Waals surface area contributed by atoms with Crippen LogP contribution in [0.2, 0.25) is 0 Å². The lowest BCUT2D eigenvalue weighted by atomic mass is 9.96. The van der Waals surface area contributed by atoms with E-state index in [0.717, 1.165) is 24.0 Å². The summed E-state index contributed by atoms with van der Waals surface area (Å²) in [5.41, 5.74) is 2.04. The SMILES string of the molecule is CCCC1(c2ccc(O)cc2C)OCCO1. The molecule has 1 aliphatic rings. The van der Waals surface area contributed by atoms with Crippen molar-refractivity contribution < 1.29 is 14.6 Å². The molecule has 0 aliphatic carbocycles. The van der Waals surface area contributed by atoms with Gasteiger partial charge in [-0.2, -0.15) is 0 Å². The molecule has 0 atom stereocenters. The number of aromatic hydroxyl groups is 1. The van der Waals surface area contributed by atoms with E-state index in [-0.39, 0.29) is 5.75 Å². The molecule has 0 saturated carbocycles. The Kier molecular flexibility index (Phi) is 3.17. The van der Waals surface area contributed by atoms with Gasteiger partial charge in [0, 0.05) is 12.0 Å². The van der Waals surface area contributed by atoms with E-state index in [1.807, 2.05) is 13.0 Å². The third kappa shape index (κ3) is 1.93. The summed E-state index contributed by atoms with van der Waals surface area (Å²) in [6, 6.07) is 5.33. The maximum atomic E-state index is 9.41. The molecular formula is C13H18O3. The summed E-state index contributed by atoms with van der Waals surface area (Å²) in [4.78, 5) is 0. The molecule has 16 heavy (non-hydrogen) atoms. The van der Waals surface area contributed by atoms with Gasteiger partial charge >= 0.3 is 0 Å². The fourth-order valence-corrected chi connectivity index (χ4v) is 2.29. The maximum absolute atomic E-state index is 9.41. The summed E-state index contributed by atoms with van der Waals surface area (Å²) in [6.07, 6.45) is 1.85. The Morgan fingerprint density at radius 2 is 2.00 bits per heavy atom. The van der Waals surface area contributed by atoms with E-state index < -0.39 is 5.79 Å². The predicted molar refractivity (Wildman–Crippen MR) is 61.3 cm³/mol. The molecule has 0 unspecified atom stereocenters. The first-order valence-corrected chi connectivity index (χ1v) is 5.76. The Balaban J connectivity index is 2.38. The van der Waals surface area contributed by atoms with Crippen LogP contribution < -0.4 is 0 Å². The molecule has 1 aromatic carbocycles. The van der Waals surface area contributed by atoms with Crippen LogP contribution in [0, 0.1) is 6.92 Å². The van der Waals surface area contributed by atoms with Crippen LogP contribution in [0.4, 0.5) is 0 Å². The smallest absolute Gasteiger partial charge is 0.195 e. The van der Waals surface area contributed by atoms with Gasteiger partial charge in [-0.3, -0.25) is 0 Å². The van der Waals surface area contributed by atoms with Crippen molar-refractivity contribution in [3.63, 3.8) is 0 Å². The van der Waals surface area contributed by atoms with Crippen LogP contribution in [0.1, 0.15) is 30.9 Å². The molecule has 1 aromatic rings. The number of hydrogen-bond acceptors (Lipinski definition) is 3. The summed E-state index contributed by atoms with van der Waals surface area (Å²) < 4.78 is 11.6. The third-order valence-electron chi connectivity index (χ3n) is 2.95. The van der Waals surface area contributed by atoms with Crippen LogP contribution >= 0.6 is 0 Å². The number of ether oxygens (including phenoxy) is 2. The quantitative estimate of drug-likeness (QED) is 0.854. The second kappa shape index (κ2) is 4.44. The van der Waals surface area contributed by atoms with Gasteiger partial charge in [-0.25, -0.2) is 0 Å². The van der Waals surface area contributed by atoms with E-state index >= 15 is 0 Å². The molecule has 0 bridgehead atoms. The molecule has 0 spiro atoms. The number of hydrogen-bond donors (Lipinski definition) is 1. The van der Waals surface area contributed by atoms with Gasteiger partial charge in [0.25, 0.3) is 0 Å². The van der Waals surface area contributed by atoms with Gasteiger partial charge in [-0.1, -0.05) is 13.3 Å². The van der Waals surface area contributed by atoms with Crippen LogP contribution in [0.5, 0.6) is 5.75 Å². The Morgan fingerprint density at radius 1 is 1.31 bits per heavy atom. The number of phenolic OH excluding ortho intramolecular Hbond substituents is 1. The standard InChI is InChI=1S/C13H18O3/c1-3-6-13(15-7-8-16-13)12-5-4-11(14)9-10(12)2/h4-5,9,14H,3,6-8H2,1-2H3. The van der Waals surface area contributed by atoms with E-state index in [1.165, 1.54) is 0 Å². The Labute approximate surface area is 96.0 Å². The van der Waals surface area contributed by atoms with E-state index in [9.17, 15) is 5.11 Å². The Bertz CT molecular complexity index is 367. The fraction of sp³-hybridized carbons (Fsp3) is 0.538. The largest absolute Gasteiger partial charge is 0.508 e. The highest BCUT2D eigenvalue weighted by Crippen LogP contribution is 2.38. The van der Waals surface area contributed by atoms with Crippen LogP contribution in [0.25, 0.3) is 0 Å². The first-order chi connectivity index (χ1) is 7.68. The zero-order valence-corrected chi connectivity index (χ0v) is 9.82. The van der Waals surface area contributed by atoms with E-state index in [4.69, 9.17) is 9.47 Å². The molecule has 3 nitrogen and oxygen atoms in total. The second-order valence-electron chi connectivity index (χ2n) is 4.20. The van der Waals surface area contributed by atoms with E-state index in [0.29, 0.717) is 13.2 Å². The van der Waals surface area contributed by atoms with Crippen molar-refractivity contribution in [2.75, 3.05) is 13.2 Å². The average Bonchev–Trinajstić information content (AvgIpc) is 2.67. The van der Waals surface area contributed by atoms with Crippen LogP contribution in [0.3, 0.4) is 0 Å². The molecule has 1 heterocycles. The molecule has 1 fully saturated rings. The minimum atomic E-state index is -0.591. The zero-order chi connectivity index (χ0) is 11.6. The first-order valence-electron chi connectivity index (χ1n) is 5.76. The lowest BCUT2D eigenvalue weighted by Crippen LogP contribution is -2.27. The van der Waals surface area contributed by atoms with Crippen molar-refractivity contribution in [2.24, 2.45) is 0 Å². The monoisotopic (exact) mass is 222 g/mol. The average molecular weight is 222 g/mol. The highest BCUT2D eigenvalue weighted by Gasteiger charge is 2.38. The van der Waals surface area contributed by atoms with Gasteiger partial charge in [-0.05, 0) is 30.7 Å². The molecule has 2 rings (SSSR count). The third-order valence-corrected chi connectivity index (χ3v) is 2.95. The summed E-state index contributed by atoms with van der Waals surface area (Å²) in [6.45, 7) is 5.36. The highest BCUT2D eigenvalue weighted by molar-refractivity contribution is 5.36. The topological polar surface area (TPSA) is 38.7 Å². The first kappa shape index (κ1) is 11.4. The lowest BCUT2D eigenvalue weighted by molar-refractivity contribution is -0.171. The van der Waals surface area contributed by atoms with Crippen molar-refractivity contribution in [1.29, 1.82) is 0 Å². The Morgan fingerprint density at radius 3 is 2.56 bits per heavy atom. The summed E-state index contributed by atoms with van der Waals surface area (Å²) in [5, 5.41) is 9.41. The number of benzene rings is 1. The van der Waals surface area contributed by atoms with Crippen molar-refractivity contribution >= 4 is 0 Å². The number of aryl methyl sites for hydroxylation is 1. The molecule has 0 aromatic heterocycles. The van der Waals surface area contributed by atoms with Gasteiger partial charge in [0.1, 0.15) is 5.75 Å². The summed E-state index contributed by atoms with van der Waals surface area (Å²) in [7, 11) is 0. The van der Waals surface area contributed by atoms with Gasteiger partial charge < -0.3 is 14.6 Å². The molecular weight excluding hydrogens is 204 g/mol. The maximum Gasteiger partial charge on any atom is 0.195 e. The highest BCUT2D eigenvalue weighted by atomic mass is 16.7. The normalized spacial score (nSPS) is 18.9. The predicted octanol–water partition coefficient (Wildman–Crippen LogP) is 2.70. The van der Waals surface area contributed by atoms with Crippen molar-refractivity contribution in [2.45, 2.75) is 32.5 Å². The van der Waals surface area contributed by atoms with Gasteiger partial charge in [0.05, 0.1) is 13.2 Å². The fourth-order valence-electron chi connectivity index (χ4n) is 2.29. The van der Waals surface area contributed by atoms with Crippen LogP contribution in [-0.4, -0.2) is 18.3 Å². The molecule has 0 radical (unpaired) electrons.